The summed E-state index contributed by atoms with van der Waals surface area (Å²) in [6, 6.07) is 0. The van der Waals surface area contributed by atoms with Gasteiger partial charge in [-0.3, -0.25) is 28.8 Å². The number of carbonyl (C=O) groups is 6. The minimum atomic E-state index is -1.17. The van der Waals surface area contributed by atoms with Crippen molar-refractivity contribution in [2.75, 3.05) is 0 Å². The first-order valence-electron chi connectivity index (χ1n) is 20.9. The van der Waals surface area contributed by atoms with Gasteiger partial charge >= 0.3 is 35.8 Å². The van der Waals surface area contributed by atoms with Gasteiger partial charge in [0.15, 0.2) is 0 Å². The summed E-state index contributed by atoms with van der Waals surface area (Å²) in [6.07, 6.45) is 7.38. The smallest absolute Gasteiger partial charge is 0.312 e. The number of rotatable bonds is 13. The third-order valence-corrected chi connectivity index (χ3v) is 15.7. The topological polar surface area (TPSA) is 158 Å². The molecule has 6 aliphatic carbocycles. The Hall–Kier alpha value is -3.18. The second-order valence-electron chi connectivity index (χ2n) is 19.1. The SMILES string of the molecule is CCC1(OC(=O)C2C3CC4C(OC(=O)C42)C3OC(=O)C(C)(C)CC(C)(CC)C(=O)OC2C3CC4C2OC(=O)C4C3C(=O)OC2(CC)CCCC2)CCCC1. The zero-order valence-electron chi connectivity index (χ0n) is 32.7. The van der Waals surface area contributed by atoms with Crippen molar-refractivity contribution in [3.63, 3.8) is 0 Å². The maximum absolute atomic E-state index is 14.2. The maximum atomic E-state index is 14.2. The minimum Gasteiger partial charge on any atom is -0.459 e. The van der Waals surface area contributed by atoms with Crippen LogP contribution >= 0.6 is 0 Å². The van der Waals surface area contributed by atoms with Gasteiger partial charge in [0.2, 0.25) is 0 Å². The minimum absolute atomic E-state index is 0.0882. The van der Waals surface area contributed by atoms with Crippen molar-refractivity contribution in [3.05, 3.63) is 0 Å². The van der Waals surface area contributed by atoms with Crippen LogP contribution in [-0.2, 0) is 57.2 Å². The lowest BCUT2D eigenvalue weighted by Gasteiger charge is -2.38. The van der Waals surface area contributed by atoms with Crippen LogP contribution in [0.15, 0.2) is 0 Å². The van der Waals surface area contributed by atoms with E-state index in [9.17, 15) is 28.8 Å². The molecule has 13 unspecified atom stereocenters. The van der Waals surface area contributed by atoms with E-state index in [-0.39, 0.29) is 18.3 Å². The quantitative estimate of drug-likeness (QED) is 0.165. The fraction of sp³-hybridized carbons (Fsp3) is 0.857. The Kier molecular flexibility index (Phi) is 9.23. The molecule has 0 aromatic heterocycles. The van der Waals surface area contributed by atoms with E-state index in [0.717, 1.165) is 51.4 Å². The molecule has 12 nitrogen and oxygen atoms in total. The molecular weight excluding hydrogens is 696 g/mol. The van der Waals surface area contributed by atoms with Gasteiger partial charge in [0.25, 0.3) is 0 Å². The highest BCUT2D eigenvalue weighted by molar-refractivity contribution is 5.88. The molecular formula is C42H58O12. The second kappa shape index (κ2) is 13.2. The molecule has 2 aliphatic heterocycles. The maximum Gasteiger partial charge on any atom is 0.312 e. The van der Waals surface area contributed by atoms with Crippen molar-refractivity contribution in [1.82, 2.24) is 0 Å². The van der Waals surface area contributed by atoms with E-state index in [1.165, 1.54) is 0 Å². The van der Waals surface area contributed by atoms with Gasteiger partial charge in [0, 0.05) is 23.7 Å². The summed E-state index contributed by atoms with van der Waals surface area (Å²) in [5.41, 5.74) is -3.31. The van der Waals surface area contributed by atoms with Crippen LogP contribution in [0.4, 0.5) is 0 Å². The molecule has 12 heteroatoms. The summed E-state index contributed by atoms with van der Waals surface area (Å²) >= 11 is 0. The fourth-order valence-corrected chi connectivity index (χ4v) is 12.5. The molecule has 6 saturated carbocycles. The molecule has 0 N–H and O–H groups in total. The highest BCUT2D eigenvalue weighted by Crippen LogP contribution is 2.61. The van der Waals surface area contributed by atoms with Gasteiger partial charge in [-0.25, -0.2) is 0 Å². The number of ether oxygens (including phenoxy) is 6. The van der Waals surface area contributed by atoms with Crippen molar-refractivity contribution in [2.45, 2.75) is 167 Å². The Labute approximate surface area is 317 Å². The second-order valence-corrected chi connectivity index (χ2v) is 19.1. The lowest BCUT2D eigenvalue weighted by molar-refractivity contribution is -0.184. The molecule has 0 aromatic rings. The summed E-state index contributed by atoms with van der Waals surface area (Å²) in [5.74, 6) is -6.53. The van der Waals surface area contributed by atoms with Gasteiger partial charge in [-0.15, -0.1) is 0 Å². The third kappa shape index (κ3) is 5.71. The van der Waals surface area contributed by atoms with Gasteiger partial charge in [-0.2, -0.15) is 0 Å². The third-order valence-electron chi connectivity index (χ3n) is 15.7. The molecule has 8 fully saturated rings. The Bertz CT molecular complexity index is 1590. The Morgan fingerprint density at radius 1 is 0.648 bits per heavy atom. The fourth-order valence-electron chi connectivity index (χ4n) is 12.5. The van der Waals surface area contributed by atoms with Crippen LogP contribution in [0.3, 0.4) is 0 Å². The average Bonchev–Trinajstić information content (AvgIpc) is 4.00. The molecule has 8 rings (SSSR count). The molecule has 298 valence electrons. The first-order valence-corrected chi connectivity index (χ1v) is 20.9. The molecule has 54 heavy (non-hydrogen) atoms. The number of hydrogen-bond donors (Lipinski definition) is 0. The van der Waals surface area contributed by atoms with E-state index < -0.39 is 118 Å². The van der Waals surface area contributed by atoms with Crippen molar-refractivity contribution in [2.24, 2.45) is 58.2 Å². The van der Waals surface area contributed by atoms with Crippen LogP contribution in [0.1, 0.15) is 131 Å². The van der Waals surface area contributed by atoms with Gasteiger partial charge in [-0.05, 0) is 111 Å². The molecule has 2 heterocycles. The molecule has 0 amide bonds. The van der Waals surface area contributed by atoms with Gasteiger partial charge in [0.1, 0.15) is 35.6 Å². The van der Waals surface area contributed by atoms with E-state index in [0.29, 0.717) is 32.1 Å². The summed E-state index contributed by atoms with van der Waals surface area (Å²) < 4.78 is 36.4. The molecule has 13 atom stereocenters. The van der Waals surface area contributed by atoms with Crippen LogP contribution in [0.2, 0.25) is 0 Å². The molecule has 8 aliphatic rings. The van der Waals surface area contributed by atoms with Crippen LogP contribution in [0.25, 0.3) is 0 Å². The zero-order valence-corrected chi connectivity index (χ0v) is 32.7. The van der Waals surface area contributed by atoms with Gasteiger partial charge < -0.3 is 28.4 Å². The lowest BCUT2D eigenvalue weighted by atomic mass is 9.72. The number of fused-ring (bicyclic) bond motifs is 2. The molecule has 2 saturated heterocycles. The zero-order chi connectivity index (χ0) is 38.5. The average molecular weight is 755 g/mol. The summed E-state index contributed by atoms with van der Waals surface area (Å²) in [5, 5.41) is 0. The lowest BCUT2D eigenvalue weighted by Crippen LogP contribution is -2.48. The molecule has 0 radical (unpaired) electrons. The predicted octanol–water partition coefficient (Wildman–Crippen LogP) is 5.79. The molecule has 0 spiro atoms. The van der Waals surface area contributed by atoms with Crippen LogP contribution < -0.4 is 0 Å². The summed E-state index contributed by atoms with van der Waals surface area (Å²) in [6.45, 7) is 11.1. The Balaban J connectivity index is 0.942. The van der Waals surface area contributed by atoms with E-state index in [1.54, 1.807) is 20.8 Å². The van der Waals surface area contributed by atoms with Crippen LogP contribution in [0.5, 0.6) is 0 Å². The van der Waals surface area contributed by atoms with Crippen LogP contribution in [0, 0.1) is 58.2 Å². The molecule has 4 bridgehead atoms. The van der Waals surface area contributed by atoms with Crippen LogP contribution in [-0.4, -0.2) is 71.4 Å². The number of carbonyl (C=O) groups excluding carboxylic acids is 6. The Morgan fingerprint density at radius 2 is 1.06 bits per heavy atom. The summed E-state index contributed by atoms with van der Waals surface area (Å²) in [4.78, 5) is 82.0. The highest BCUT2D eigenvalue weighted by atomic mass is 16.6. The van der Waals surface area contributed by atoms with Gasteiger partial charge in [-0.1, -0.05) is 20.8 Å². The van der Waals surface area contributed by atoms with E-state index in [1.807, 2.05) is 20.8 Å². The number of esters is 6. The normalized spacial score (nSPS) is 40.0. The van der Waals surface area contributed by atoms with E-state index >= 15 is 0 Å². The van der Waals surface area contributed by atoms with Crippen molar-refractivity contribution < 1.29 is 57.2 Å². The van der Waals surface area contributed by atoms with Gasteiger partial charge in [0.05, 0.1) is 34.5 Å². The predicted molar refractivity (Wildman–Crippen MR) is 189 cm³/mol. The van der Waals surface area contributed by atoms with Crippen molar-refractivity contribution in [3.8, 4) is 0 Å². The van der Waals surface area contributed by atoms with Crippen molar-refractivity contribution >= 4 is 35.8 Å². The number of hydrogen-bond acceptors (Lipinski definition) is 12. The largest absolute Gasteiger partial charge is 0.459 e. The van der Waals surface area contributed by atoms with E-state index in [2.05, 4.69) is 0 Å². The Morgan fingerprint density at radius 3 is 1.44 bits per heavy atom. The standard InChI is InChI=1S/C42H58O12/c1-7-40(6,38(48)52-32-24-19-22-26(34(44)50-30(22)32)28(24)36(46)54-42(9-3)16-12-13-17-42)20-39(4,5)37(47)51-31-23-18-21-25(33(43)49-29(21)31)27(23)35(45)53-41(8-2)14-10-11-15-41/h21-32H,7-20H2,1-6H3. The monoisotopic (exact) mass is 754 g/mol. The first kappa shape index (κ1) is 37.7. The van der Waals surface area contributed by atoms with E-state index in [4.69, 9.17) is 28.4 Å². The van der Waals surface area contributed by atoms with Crippen molar-refractivity contribution in [1.29, 1.82) is 0 Å². The summed E-state index contributed by atoms with van der Waals surface area (Å²) in [7, 11) is 0. The highest BCUT2D eigenvalue weighted by Gasteiger charge is 2.72. The molecule has 0 aromatic carbocycles. The first-order chi connectivity index (χ1) is 25.6.